The Bertz CT molecular complexity index is 286. The van der Waals surface area contributed by atoms with E-state index in [1.54, 1.807) is 6.33 Å². The standard InChI is InChI=1S/C11H19N3/c1-7(2)11(9(4)12)10-5-8(3)13-6-14-10/h5-7,9,11H,12H2,1-4H3. The van der Waals surface area contributed by atoms with Crippen LogP contribution < -0.4 is 5.73 Å². The van der Waals surface area contributed by atoms with E-state index in [4.69, 9.17) is 5.73 Å². The number of nitrogens with two attached hydrogens (primary N) is 1. The summed E-state index contributed by atoms with van der Waals surface area (Å²) in [4.78, 5) is 8.38. The van der Waals surface area contributed by atoms with Gasteiger partial charge in [-0.05, 0) is 25.8 Å². The van der Waals surface area contributed by atoms with Gasteiger partial charge < -0.3 is 5.73 Å². The summed E-state index contributed by atoms with van der Waals surface area (Å²) in [6, 6.07) is 2.15. The van der Waals surface area contributed by atoms with Crippen LogP contribution in [0.5, 0.6) is 0 Å². The molecule has 3 heteroatoms. The summed E-state index contributed by atoms with van der Waals surface area (Å²) in [6.07, 6.45) is 1.61. The summed E-state index contributed by atoms with van der Waals surface area (Å²) in [5.74, 6) is 0.820. The number of hydrogen-bond donors (Lipinski definition) is 1. The first-order valence-corrected chi connectivity index (χ1v) is 5.06. The van der Waals surface area contributed by atoms with E-state index in [1.165, 1.54) is 0 Å². The van der Waals surface area contributed by atoms with Gasteiger partial charge in [0.05, 0.1) is 0 Å². The van der Waals surface area contributed by atoms with Crippen LogP contribution in [0.1, 0.15) is 38.1 Å². The first kappa shape index (κ1) is 11.1. The molecule has 78 valence electrons. The SMILES string of the molecule is Cc1cc(C(C(C)C)C(C)N)ncn1. The Kier molecular flexibility index (Phi) is 3.58. The molecule has 0 saturated heterocycles. The third kappa shape index (κ3) is 2.51. The van der Waals surface area contributed by atoms with Crippen LogP contribution in [0.2, 0.25) is 0 Å². The molecule has 14 heavy (non-hydrogen) atoms. The zero-order valence-corrected chi connectivity index (χ0v) is 9.36. The Morgan fingerprint density at radius 1 is 1.21 bits per heavy atom. The predicted molar refractivity (Wildman–Crippen MR) is 58.0 cm³/mol. The molecular formula is C11H19N3. The number of nitrogens with zero attached hydrogens (tertiary/aromatic N) is 2. The molecule has 0 saturated carbocycles. The Morgan fingerprint density at radius 3 is 2.29 bits per heavy atom. The fourth-order valence-corrected chi connectivity index (χ4v) is 1.88. The van der Waals surface area contributed by atoms with E-state index in [0.29, 0.717) is 11.8 Å². The maximum atomic E-state index is 5.96. The van der Waals surface area contributed by atoms with E-state index in [0.717, 1.165) is 11.4 Å². The summed E-state index contributed by atoms with van der Waals surface area (Å²) < 4.78 is 0. The molecular weight excluding hydrogens is 174 g/mol. The van der Waals surface area contributed by atoms with Gasteiger partial charge >= 0.3 is 0 Å². The molecule has 1 aromatic heterocycles. The maximum Gasteiger partial charge on any atom is 0.115 e. The Hall–Kier alpha value is -0.960. The second-order valence-electron chi connectivity index (χ2n) is 4.21. The predicted octanol–water partition coefficient (Wildman–Crippen LogP) is 1.87. The van der Waals surface area contributed by atoms with E-state index in [9.17, 15) is 0 Å². The molecule has 3 nitrogen and oxygen atoms in total. The lowest BCUT2D eigenvalue weighted by Gasteiger charge is -2.23. The summed E-state index contributed by atoms with van der Waals surface area (Å²) >= 11 is 0. The van der Waals surface area contributed by atoms with Crippen LogP contribution in [0.4, 0.5) is 0 Å². The van der Waals surface area contributed by atoms with E-state index in [1.807, 2.05) is 19.9 Å². The Balaban J connectivity index is 2.99. The van der Waals surface area contributed by atoms with Crippen LogP contribution in [0.3, 0.4) is 0 Å². The van der Waals surface area contributed by atoms with E-state index in [-0.39, 0.29) is 6.04 Å². The molecule has 1 heterocycles. The van der Waals surface area contributed by atoms with Crippen molar-refractivity contribution in [1.82, 2.24) is 9.97 Å². The van der Waals surface area contributed by atoms with Crippen LogP contribution in [0.25, 0.3) is 0 Å². The molecule has 2 N–H and O–H groups in total. The van der Waals surface area contributed by atoms with Gasteiger partial charge in [-0.1, -0.05) is 13.8 Å². The van der Waals surface area contributed by atoms with Gasteiger partial charge in [-0.25, -0.2) is 9.97 Å². The molecule has 1 rings (SSSR count). The highest BCUT2D eigenvalue weighted by Gasteiger charge is 2.21. The summed E-state index contributed by atoms with van der Waals surface area (Å²) in [5.41, 5.74) is 8.02. The van der Waals surface area contributed by atoms with E-state index in [2.05, 4.69) is 23.8 Å². The quantitative estimate of drug-likeness (QED) is 0.797. The zero-order chi connectivity index (χ0) is 10.7. The molecule has 0 aromatic carbocycles. The van der Waals surface area contributed by atoms with Gasteiger partial charge in [-0.3, -0.25) is 0 Å². The smallest absolute Gasteiger partial charge is 0.115 e. The highest BCUT2D eigenvalue weighted by Crippen LogP contribution is 2.25. The van der Waals surface area contributed by atoms with Crippen LogP contribution >= 0.6 is 0 Å². The number of hydrogen-bond acceptors (Lipinski definition) is 3. The van der Waals surface area contributed by atoms with Gasteiger partial charge in [0.25, 0.3) is 0 Å². The van der Waals surface area contributed by atoms with Gasteiger partial charge in [-0.2, -0.15) is 0 Å². The minimum atomic E-state index is 0.129. The molecule has 0 radical (unpaired) electrons. The second kappa shape index (κ2) is 4.51. The first-order valence-electron chi connectivity index (χ1n) is 5.06. The topological polar surface area (TPSA) is 51.8 Å². The molecule has 0 aliphatic rings. The number of rotatable bonds is 3. The van der Waals surface area contributed by atoms with Gasteiger partial charge in [-0.15, -0.1) is 0 Å². The summed E-state index contributed by atoms with van der Waals surface area (Å²) in [5, 5.41) is 0. The summed E-state index contributed by atoms with van der Waals surface area (Å²) in [7, 11) is 0. The van der Waals surface area contributed by atoms with Gasteiger partial charge in [0, 0.05) is 23.3 Å². The molecule has 0 aliphatic carbocycles. The first-order chi connectivity index (χ1) is 6.52. The average molecular weight is 193 g/mol. The Labute approximate surface area is 85.8 Å². The monoisotopic (exact) mass is 193 g/mol. The average Bonchev–Trinajstić information content (AvgIpc) is 2.02. The van der Waals surface area contributed by atoms with Crippen molar-refractivity contribution >= 4 is 0 Å². The van der Waals surface area contributed by atoms with Crippen molar-refractivity contribution in [3.8, 4) is 0 Å². The lowest BCUT2D eigenvalue weighted by atomic mass is 9.86. The van der Waals surface area contributed by atoms with Gasteiger partial charge in [0.1, 0.15) is 6.33 Å². The van der Waals surface area contributed by atoms with Crippen LogP contribution in [0.15, 0.2) is 12.4 Å². The normalized spacial score (nSPS) is 15.6. The van der Waals surface area contributed by atoms with Crippen molar-refractivity contribution in [1.29, 1.82) is 0 Å². The molecule has 0 bridgehead atoms. The number of aromatic nitrogens is 2. The van der Waals surface area contributed by atoms with E-state index >= 15 is 0 Å². The largest absolute Gasteiger partial charge is 0.327 e. The molecule has 0 amide bonds. The molecule has 0 aliphatic heterocycles. The van der Waals surface area contributed by atoms with Gasteiger partial charge in [0.2, 0.25) is 0 Å². The Morgan fingerprint density at radius 2 is 1.86 bits per heavy atom. The lowest BCUT2D eigenvalue weighted by molar-refractivity contribution is 0.426. The molecule has 1 aromatic rings. The zero-order valence-electron chi connectivity index (χ0n) is 9.36. The molecule has 2 atom stereocenters. The van der Waals surface area contributed by atoms with Crippen molar-refractivity contribution in [3.63, 3.8) is 0 Å². The van der Waals surface area contributed by atoms with Crippen molar-refractivity contribution in [2.75, 3.05) is 0 Å². The highest BCUT2D eigenvalue weighted by atomic mass is 14.8. The molecule has 2 unspecified atom stereocenters. The van der Waals surface area contributed by atoms with Crippen molar-refractivity contribution < 1.29 is 0 Å². The fourth-order valence-electron chi connectivity index (χ4n) is 1.88. The number of aryl methyl sites for hydroxylation is 1. The molecule has 0 spiro atoms. The second-order valence-corrected chi connectivity index (χ2v) is 4.21. The third-order valence-corrected chi connectivity index (χ3v) is 2.45. The van der Waals surface area contributed by atoms with Crippen LogP contribution in [-0.2, 0) is 0 Å². The van der Waals surface area contributed by atoms with Crippen molar-refractivity contribution in [2.45, 2.75) is 39.7 Å². The highest BCUT2D eigenvalue weighted by molar-refractivity contribution is 5.14. The van der Waals surface area contributed by atoms with E-state index < -0.39 is 0 Å². The summed E-state index contributed by atoms with van der Waals surface area (Å²) in [6.45, 7) is 8.35. The lowest BCUT2D eigenvalue weighted by Crippen LogP contribution is -2.29. The van der Waals surface area contributed by atoms with Crippen molar-refractivity contribution in [2.24, 2.45) is 11.7 Å². The fraction of sp³-hybridized carbons (Fsp3) is 0.636. The van der Waals surface area contributed by atoms with Crippen molar-refractivity contribution in [3.05, 3.63) is 23.8 Å². The minimum Gasteiger partial charge on any atom is -0.327 e. The van der Waals surface area contributed by atoms with Gasteiger partial charge in [0.15, 0.2) is 0 Å². The third-order valence-electron chi connectivity index (χ3n) is 2.45. The minimum absolute atomic E-state index is 0.129. The van der Waals surface area contributed by atoms with Crippen LogP contribution in [0, 0.1) is 12.8 Å². The maximum absolute atomic E-state index is 5.96. The molecule has 0 fully saturated rings. The van der Waals surface area contributed by atoms with Crippen LogP contribution in [-0.4, -0.2) is 16.0 Å².